The molecule has 0 aliphatic rings. The maximum absolute atomic E-state index is 12.0. The van der Waals surface area contributed by atoms with Crippen LogP contribution < -0.4 is 5.43 Å². The average molecular weight is 286 g/mol. The second kappa shape index (κ2) is 6.48. The number of amides is 1. The van der Waals surface area contributed by atoms with E-state index in [0.29, 0.717) is 11.5 Å². The molecule has 0 aliphatic heterocycles. The fourth-order valence-electron chi connectivity index (χ4n) is 1.76. The smallest absolute Gasteiger partial charge is 0.267 e. The zero-order valence-corrected chi connectivity index (χ0v) is 12.7. The van der Waals surface area contributed by atoms with Crippen LogP contribution in [0.5, 0.6) is 0 Å². The Labute approximate surface area is 123 Å². The van der Waals surface area contributed by atoms with Crippen molar-refractivity contribution in [3.63, 3.8) is 0 Å². The topological polar surface area (TPSA) is 41.5 Å². The molecule has 0 saturated carbocycles. The fraction of sp³-hybridized carbons (Fsp3) is 0.250. The molecule has 2 rings (SSSR count). The van der Waals surface area contributed by atoms with E-state index < -0.39 is 0 Å². The summed E-state index contributed by atoms with van der Waals surface area (Å²) in [7, 11) is 0. The Bertz CT molecular complexity index is 598. The summed E-state index contributed by atoms with van der Waals surface area (Å²) >= 11 is 1.60. The number of hydrazone groups is 1. The quantitative estimate of drug-likeness (QED) is 0.669. The van der Waals surface area contributed by atoms with Gasteiger partial charge >= 0.3 is 0 Å². The first-order valence-electron chi connectivity index (χ1n) is 6.56. The average Bonchev–Trinajstić information content (AvgIpc) is 2.98. The molecule has 0 atom stereocenters. The monoisotopic (exact) mass is 286 g/mol. The number of nitrogens with zero attached hydrogens (tertiary/aromatic N) is 1. The Morgan fingerprint density at radius 1 is 1.20 bits per heavy atom. The van der Waals surface area contributed by atoms with Crippen molar-refractivity contribution in [3.8, 4) is 0 Å². The highest BCUT2D eigenvalue weighted by atomic mass is 32.1. The molecule has 0 radical (unpaired) electrons. The van der Waals surface area contributed by atoms with Gasteiger partial charge in [-0.25, -0.2) is 5.43 Å². The lowest BCUT2D eigenvalue weighted by molar-refractivity contribution is 0.0955. The Morgan fingerprint density at radius 2 is 1.90 bits per heavy atom. The summed E-state index contributed by atoms with van der Waals surface area (Å²) in [6, 6.07) is 11.6. The molecule has 20 heavy (non-hydrogen) atoms. The molecule has 1 heterocycles. The lowest BCUT2D eigenvalue weighted by atomic mass is 10.0. The van der Waals surface area contributed by atoms with Crippen molar-refractivity contribution in [2.75, 3.05) is 0 Å². The van der Waals surface area contributed by atoms with Crippen molar-refractivity contribution in [2.24, 2.45) is 5.10 Å². The van der Waals surface area contributed by atoms with E-state index in [-0.39, 0.29) is 5.91 Å². The van der Waals surface area contributed by atoms with E-state index in [1.165, 1.54) is 5.56 Å². The van der Waals surface area contributed by atoms with Crippen LogP contribution in [0.1, 0.15) is 47.5 Å². The van der Waals surface area contributed by atoms with Gasteiger partial charge in [0.15, 0.2) is 0 Å². The Kier molecular flexibility index (Phi) is 4.69. The molecule has 2 aromatic rings. The first-order valence-corrected chi connectivity index (χ1v) is 7.44. The van der Waals surface area contributed by atoms with Gasteiger partial charge in [-0.3, -0.25) is 4.79 Å². The van der Waals surface area contributed by atoms with Gasteiger partial charge in [-0.05, 0) is 42.0 Å². The highest BCUT2D eigenvalue weighted by Crippen LogP contribution is 2.14. The minimum atomic E-state index is -0.184. The zero-order chi connectivity index (χ0) is 14.5. The summed E-state index contributed by atoms with van der Waals surface area (Å²) in [5, 5.41) is 6.11. The second-order valence-corrected chi connectivity index (χ2v) is 5.84. The Hall–Kier alpha value is -1.94. The third kappa shape index (κ3) is 3.54. The Morgan fingerprint density at radius 3 is 2.45 bits per heavy atom. The van der Waals surface area contributed by atoms with Crippen LogP contribution in [-0.2, 0) is 0 Å². The van der Waals surface area contributed by atoms with Crippen LogP contribution in [0.15, 0.2) is 46.9 Å². The highest BCUT2D eigenvalue weighted by Gasteiger charge is 2.06. The van der Waals surface area contributed by atoms with Gasteiger partial charge < -0.3 is 0 Å². The number of benzene rings is 1. The molecule has 0 saturated heterocycles. The van der Waals surface area contributed by atoms with E-state index in [2.05, 4.69) is 24.4 Å². The summed E-state index contributed by atoms with van der Waals surface area (Å²) in [6.45, 7) is 6.14. The summed E-state index contributed by atoms with van der Waals surface area (Å²) in [5.74, 6) is 0.280. The molecule has 0 bridgehead atoms. The van der Waals surface area contributed by atoms with Gasteiger partial charge in [0, 0.05) is 10.4 Å². The van der Waals surface area contributed by atoms with Crippen molar-refractivity contribution in [1.82, 2.24) is 5.43 Å². The summed E-state index contributed by atoms with van der Waals surface area (Å²) < 4.78 is 0. The summed E-state index contributed by atoms with van der Waals surface area (Å²) in [4.78, 5) is 13.0. The molecular formula is C16H18N2OS. The molecule has 0 aliphatic carbocycles. The van der Waals surface area contributed by atoms with Crippen LogP contribution in [0.25, 0.3) is 0 Å². The van der Waals surface area contributed by atoms with Gasteiger partial charge in [-0.1, -0.05) is 32.0 Å². The maximum atomic E-state index is 12.0. The molecular weight excluding hydrogens is 268 g/mol. The molecule has 1 aromatic carbocycles. The largest absolute Gasteiger partial charge is 0.271 e. The van der Waals surface area contributed by atoms with Crippen LogP contribution in [0.2, 0.25) is 0 Å². The van der Waals surface area contributed by atoms with Gasteiger partial charge in [0.1, 0.15) is 0 Å². The first kappa shape index (κ1) is 14.5. The van der Waals surface area contributed by atoms with Crippen LogP contribution in [0.3, 0.4) is 0 Å². The van der Waals surface area contributed by atoms with Gasteiger partial charge in [0.05, 0.1) is 5.71 Å². The predicted molar refractivity (Wildman–Crippen MR) is 84.5 cm³/mol. The van der Waals surface area contributed by atoms with E-state index in [1.807, 2.05) is 48.7 Å². The van der Waals surface area contributed by atoms with Crippen LogP contribution >= 0.6 is 11.3 Å². The molecule has 1 N–H and O–H groups in total. The number of nitrogens with one attached hydrogen (secondary N) is 1. The fourth-order valence-corrected chi connectivity index (χ4v) is 2.44. The van der Waals surface area contributed by atoms with E-state index in [0.717, 1.165) is 10.6 Å². The number of thiophene rings is 1. The predicted octanol–water partition coefficient (Wildman–Crippen LogP) is 4.03. The van der Waals surface area contributed by atoms with Gasteiger partial charge in [0.2, 0.25) is 0 Å². The molecule has 4 heteroatoms. The van der Waals surface area contributed by atoms with E-state index in [1.54, 1.807) is 11.3 Å². The number of carbonyl (C=O) groups is 1. The SMILES string of the molecule is C/C(=N\NC(=O)c1ccc(C(C)C)cc1)c1cccs1. The van der Waals surface area contributed by atoms with Crippen molar-refractivity contribution >= 4 is 23.0 Å². The summed E-state index contributed by atoms with van der Waals surface area (Å²) in [5.41, 5.74) is 5.25. The summed E-state index contributed by atoms with van der Waals surface area (Å²) in [6.07, 6.45) is 0. The minimum absolute atomic E-state index is 0.184. The van der Waals surface area contributed by atoms with Crippen molar-refractivity contribution < 1.29 is 4.79 Å². The lowest BCUT2D eigenvalue weighted by Gasteiger charge is -2.06. The third-order valence-electron chi connectivity index (χ3n) is 3.04. The number of hydrogen-bond donors (Lipinski definition) is 1. The van der Waals surface area contributed by atoms with Crippen LogP contribution in [0.4, 0.5) is 0 Å². The molecule has 104 valence electrons. The number of hydrogen-bond acceptors (Lipinski definition) is 3. The van der Waals surface area contributed by atoms with Crippen molar-refractivity contribution in [1.29, 1.82) is 0 Å². The normalized spacial score (nSPS) is 11.7. The highest BCUT2D eigenvalue weighted by molar-refractivity contribution is 7.12. The molecule has 0 unspecified atom stereocenters. The molecule has 0 fully saturated rings. The minimum Gasteiger partial charge on any atom is -0.267 e. The standard InChI is InChI=1S/C16H18N2OS/c1-11(2)13-6-8-14(9-7-13)16(19)18-17-12(3)15-5-4-10-20-15/h4-11H,1-3H3,(H,18,19)/b17-12+. The molecule has 3 nitrogen and oxygen atoms in total. The van der Waals surface area contributed by atoms with Crippen LogP contribution in [-0.4, -0.2) is 11.6 Å². The Balaban J connectivity index is 2.03. The molecule has 1 amide bonds. The van der Waals surface area contributed by atoms with Crippen LogP contribution in [0, 0.1) is 0 Å². The first-order chi connectivity index (χ1) is 9.58. The van der Waals surface area contributed by atoms with E-state index >= 15 is 0 Å². The van der Waals surface area contributed by atoms with Gasteiger partial charge in [0.25, 0.3) is 5.91 Å². The number of carbonyl (C=O) groups excluding carboxylic acids is 1. The third-order valence-corrected chi connectivity index (χ3v) is 4.02. The lowest BCUT2D eigenvalue weighted by Crippen LogP contribution is -2.19. The second-order valence-electron chi connectivity index (χ2n) is 4.89. The number of rotatable bonds is 4. The molecule has 0 spiro atoms. The van der Waals surface area contributed by atoms with Gasteiger partial charge in [-0.15, -0.1) is 11.3 Å². The van der Waals surface area contributed by atoms with Crippen molar-refractivity contribution in [2.45, 2.75) is 26.7 Å². The van der Waals surface area contributed by atoms with E-state index in [4.69, 9.17) is 0 Å². The van der Waals surface area contributed by atoms with Gasteiger partial charge in [-0.2, -0.15) is 5.10 Å². The van der Waals surface area contributed by atoms with Crippen molar-refractivity contribution in [3.05, 3.63) is 57.8 Å². The zero-order valence-electron chi connectivity index (χ0n) is 11.9. The van der Waals surface area contributed by atoms with E-state index in [9.17, 15) is 4.79 Å². The maximum Gasteiger partial charge on any atom is 0.271 e. The molecule has 1 aromatic heterocycles.